The van der Waals surface area contributed by atoms with Crippen LogP contribution in [0.3, 0.4) is 0 Å². The van der Waals surface area contributed by atoms with Crippen LogP contribution in [0.25, 0.3) is 0 Å². The first kappa shape index (κ1) is 11.1. The highest BCUT2D eigenvalue weighted by molar-refractivity contribution is 5.65. The second kappa shape index (κ2) is 4.60. The van der Waals surface area contributed by atoms with Gasteiger partial charge in [-0.2, -0.15) is 5.10 Å². The van der Waals surface area contributed by atoms with Gasteiger partial charge in [0.25, 0.3) is 5.69 Å². The molecule has 0 spiro atoms. The van der Waals surface area contributed by atoms with Crippen LogP contribution in [0, 0.1) is 17.0 Å². The van der Waals surface area contributed by atoms with Crippen LogP contribution in [0.5, 0.6) is 0 Å². The third-order valence-corrected chi connectivity index (χ3v) is 2.35. The smallest absolute Gasteiger partial charge is 0.292 e. The Labute approximate surface area is 97.0 Å². The normalized spacial score (nSPS) is 10.2. The van der Waals surface area contributed by atoms with E-state index in [2.05, 4.69) is 20.5 Å². The van der Waals surface area contributed by atoms with Gasteiger partial charge < -0.3 is 5.32 Å². The molecule has 1 aromatic heterocycles. The summed E-state index contributed by atoms with van der Waals surface area (Å²) >= 11 is 0. The Morgan fingerprint density at radius 1 is 1.53 bits per heavy atom. The van der Waals surface area contributed by atoms with Gasteiger partial charge >= 0.3 is 0 Å². The van der Waals surface area contributed by atoms with Crippen LogP contribution in [0.1, 0.15) is 11.4 Å². The van der Waals surface area contributed by atoms with Crippen molar-refractivity contribution in [3.63, 3.8) is 0 Å². The molecule has 1 aromatic carbocycles. The average molecular weight is 233 g/mol. The lowest BCUT2D eigenvalue weighted by Gasteiger charge is -2.08. The summed E-state index contributed by atoms with van der Waals surface area (Å²) in [5.41, 5.74) is 1.39. The lowest BCUT2D eigenvalue weighted by molar-refractivity contribution is -0.384. The molecular weight excluding hydrogens is 222 g/mol. The lowest BCUT2D eigenvalue weighted by atomic mass is 10.1. The van der Waals surface area contributed by atoms with Gasteiger partial charge in [-0.05, 0) is 12.5 Å². The van der Waals surface area contributed by atoms with Crippen molar-refractivity contribution in [3.8, 4) is 0 Å². The topological polar surface area (TPSA) is 96.7 Å². The summed E-state index contributed by atoms with van der Waals surface area (Å²) in [4.78, 5) is 14.4. The van der Waals surface area contributed by atoms with E-state index in [0.29, 0.717) is 18.1 Å². The first-order chi connectivity index (χ1) is 8.18. The van der Waals surface area contributed by atoms with Crippen LogP contribution in [-0.2, 0) is 6.54 Å². The van der Waals surface area contributed by atoms with Gasteiger partial charge in [0.1, 0.15) is 17.8 Å². The summed E-state index contributed by atoms with van der Waals surface area (Å²) in [6.07, 6.45) is 1.39. The first-order valence-electron chi connectivity index (χ1n) is 5.00. The average Bonchev–Trinajstić information content (AvgIpc) is 2.80. The molecule has 7 nitrogen and oxygen atoms in total. The van der Waals surface area contributed by atoms with E-state index in [1.807, 2.05) is 13.0 Å². The van der Waals surface area contributed by atoms with Crippen molar-refractivity contribution in [2.45, 2.75) is 13.5 Å². The number of benzene rings is 1. The van der Waals surface area contributed by atoms with Gasteiger partial charge in [0.05, 0.1) is 11.5 Å². The summed E-state index contributed by atoms with van der Waals surface area (Å²) < 4.78 is 0. The molecule has 17 heavy (non-hydrogen) atoms. The van der Waals surface area contributed by atoms with Crippen LogP contribution in [0.15, 0.2) is 24.5 Å². The number of nitro groups is 1. The molecule has 2 aromatic rings. The number of nitro benzene ring substituents is 1. The predicted octanol–water partition coefficient (Wildman–Crippen LogP) is 1.63. The third kappa shape index (κ3) is 2.39. The molecular formula is C10H11N5O2. The van der Waals surface area contributed by atoms with Crippen molar-refractivity contribution in [2.24, 2.45) is 0 Å². The van der Waals surface area contributed by atoms with E-state index in [9.17, 15) is 10.1 Å². The standard InChI is InChI=1S/C10H11N5O2/c1-7-3-2-4-8(15(16)17)10(7)11-5-9-12-6-13-14-9/h2-4,6,11H,5H2,1H3,(H,12,13,14). The number of nitrogens with zero attached hydrogens (tertiary/aromatic N) is 3. The molecule has 0 aliphatic heterocycles. The molecule has 0 atom stereocenters. The van der Waals surface area contributed by atoms with Crippen LogP contribution in [-0.4, -0.2) is 20.1 Å². The molecule has 0 saturated heterocycles. The fourth-order valence-corrected chi connectivity index (χ4v) is 1.52. The quantitative estimate of drug-likeness (QED) is 0.618. The fourth-order valence-electron chi connectivity index (χ4n) is 1.52. The van der Waals surface area contributed by atoms with Gasteiger partial charge in [0, 0.05) is 6.07 Å². The molecule has 0 amide bonds. The van der Waals surface area contributed by atoms with Gasteiger partial charge in [-0.15, -0.1) is 0 Å². The number of hydrogen-bond donors (Lipinski definition) is 2. The van der Waals surface area contributed by atoms with Crippen LogP contribution in [0.2, 0.25) is 0 Å². The van der Waals surface area contributed by atoms with E-state index in [1.165, 1.54) is 12.4 Å². The summed E-state index contributed by atoms with van der Waals surface area (Å²) in [5.74, 6) is 0.627. The number of rotatable bonds is 4. The molecule has 0 unspecified atom stereocenters. The lowest BCUT2D eigenvalue weighted by Crippen LogP contribution is -2.05. The molecule has 0 radical (unpaired) electrons. The molecule has 0 bridgehead atoms. The Kier molecular flexibility index (Phi) is 2.99. The van der Waals surface area contributed by atoms with Crippen LogP contribution >= 0.6 is 0 Å². The van der Waals surface area contributed by atoms with E-state index < -0.39 is 4.92 Å². The summed E-state index contributed by atoms with van der Waals surface area (Å²) in [6, 6.07) is 4.94. The highest BCUT2D eigenvalue weighted by atomic mass is 16.6. The van der Waals surface area contributed by atoms with Crippen molar-refractivity contribution < 1.29 is 4.92 Å². The SMILES string of the molecule is Cc1cccc([N+](=O)[O-])c1NCc1ncn[nH]1. The molecule has 0 aliphatic rings. The number of nitrogens with one attached hydrogen (secondary N) is 2. The molecule has 1 heterocycles. The summed E-state index contributed by atoms with van der Waals surface area (Å²) in [5, 5.41) is 20.2. The minimum Gasteiger partial charge on any atom is -0.372 e. The molecule has 7 heteroatoms. The van der Waals surface area contributed by atoms with E-state index in [1.54, 1.807) is 6.07 Å². The molecule has 88 valence electrons. The van der Waals surface area contributed by atoms with E-state index in [0.717, 1.165) is 5.56 Å². The Morgan fingerprint density at radius 3 is 3.00 bits per heavy atom. The highest BCUT2D eigenvalue weighted by Crippen LogP contribution is 2.27. The van der Waals surface area contributed by atoms with E-state index in [4.69, 9.17) is 0 Å². The maximum absolute atomic E-state index is 10.9. The molecule has 0 saturated carbocycles. The number of H-pyrrole nitrogens is 1. The van der Waals surface area contributed by atoms with Gasteiger partial charge in [0.2, 0.25) is 0 Å². The number of hydrogen-bond acceptors (Lipinski definition) is 5. The van der Waals surface area contributed by atoms with Gasteiger partial charge in [-0.25, -0.2) is 4.98 Å². The van der Waals surface area contributed by atoms with Gasteiger partial charge in [0.15, 0.2) is 0 Å². The monoisotopic (exact) mass is 233 g/mol. The molecule has 0 aliphatic carbocycles. The van der Waals surface area contributed by atoms with Crippen LogP contribution in [0.4, 0.5) is 11.4 Å². The second-order valence-electron chi connectivity index (χ2n) is 3.51. The van der Waals surface area contributed by atoms with Crippen molar-refractivity contribution in [2.75, 3.05) is 5.32 Å². The summed E-state index contributed by atoms with van der Waals surface area (Å²) in [6.45, 7) is 2.18. The third-order valence-electron chi connectivity index (χ3n) is 2.35. The largest absolute Gasteiger partial charge is 0.372 e. The Bertz CT molecular complexity index is 523. The fraction of sp³-hybridized carbons (Fsp3) is 0.200. The van der Waals surface area contributed by atoms with E-state index in [-0.39, 0.29) is 5.69 Å². The van der Waals surface area contributed by atoms with Gasteiger partial charge in [-0.1, -0.05) is 12.1 Å². The first-order valence-corrected chi connectivity index (χ1v) is 5.00. The van der Waals surface area contributed by atoms with Crippen molar-refractivity contribution in [3.05, 3.63) is 46.0 Å². The Balaban J connectivity index is 2.22. The van der Waals surface area contributed by atoms with Crippen molar-refractivity contribution in [1.82, 2.24) is 15.2 Å². The highest BCUT2D eigenvalue weighted by Gasteiger charge is 2.15. The van der Waals surface area contributed by atoms with Crippen molar-refractivity contribution >= 4 is 11.4 Å². The zero-order chi connectivity index (χ0) is 12.3. The number of para-hydroxylation sites is 1. The minimum atomic E-state index is -0.407. The number of aromatic nitrogens is 3. The number of aromatic amines is 1. The zero-order valence-electron chi connectivity index (χ0n) is 9.17. The number of anilines is 1. The number of aryl methyl sites for hydroxylation is 1. The molecule has 2 rings (SSSR count). The van der Waals surface area contributed by atoms with E-state index >= 15 is 0 Å². The Hall–Kier alpha value is -2.44. The summed E-state index contributed by atoms with van der Waals surface area (Å²) in [7, 11) is 0. The second-order valence-corrected chi connectivity index (χ2v) is 3.51. The predicted molar refractivity (Wildman–Crippen MR) is 61.5 cm³/mol. The van der Waals surface area contributed by atoms with Crippen molar-refractivity contribution in [1.29, 1.82) is 0 Å². The van der Waals surface area contributed by atoms with Crippen LogP contribution < -0.4 is 5.32 Å². The zero-order valence-corrected chi connectivity index (χ0v) is 9.17. The maximum Gasteiger partial charge on any atom is 0.292 e. The minimum absolute atomic E-state index is 0.0597. The Morgan fingerprint density at radius 2 is 2.35 bits per heavy atom. The molecule has 2 N–H and O–H groups in total. The maximum atomic E-state index is 10.9. The van der Waals surface area contributed by atoms with Gasteiger partial charge in [-0.3, -0.25) is 15.2 Å². The molecule has 0 fully saturated rings.